The molecule has 2 aliphatic heterocycles. The molecule has 2 aliphatic rings. The lowest BCUT2D eigenvalue weighted by Gasteiger charge is -2.38. The molecule has 0 saturated carbocycles. The van der Waals surface area contributed by atoms with E-state index in [1.807, 2.05) is 49.4 Å². The van der Waals surface area contributed by atoms with Gasteiger partial charge in [0.05, 0.1) is 0 Å². The van der Waals surface area contributed by atoms with Crippen LogP contribution < -0.4 is 4.90 Å². The number of benzene rings is 1. The van der Waals surface area contributed by atoms with Gasteiger partial charge in [-0.1, -0.05) is 30.3 Å². The largest absolute Gasteiger partial charge is 0.353 e. The van der Waals surface area contributed by atoms with Crippen LogP contribution in [0.25, 0.3) is 0 Å². The minimum atomic E-state index is -0.597. The Morgan fingerprint density at radius 2 is 1.55 bits per heavy atom. The average molecular weight is 422 g/mol. The zero-order valence-corrected chi connectivity index (χ0v) is 17.7. The van der Waals surface area contributed by atoms with Gasteiger partial charge in [0.25, 0.3) is 0 Å². The summed E-state index contributed by atoms with van der Waals surface area (Å²) in [7, 11) is 0. The van der Waals surface area contributed by atoms with Crippen molar-refractivity contribution in [3.05, 3.63) is 59.8 Å². The van der Waals surface area contributed by atoms with Crippen molar-refractivity contribution in [2.24, 2.45) is 0 Å². The number of nitrogens with zero attached hydrogens (tertiary/aromatic N) is 5. The number of anilines is 1. The van der Waals surface area contributed by atoms with Gasteiger partial charge in [-0.3, -0.25) is 14.4 Å². The number of hydrogen-bond donors (Lipinski definition) is 0. The van der Waals surface area contributed by atoms with Crippen LogP contribution in [0.4, 0.5) is 5.82 Å². The number of hydrogen-bond acceptors (Lipinski definition) is 5. The van der Waals surface area contributed by atoms with E-state index in [4.69, 9.17) is 0 Å². The van der Waals surface area contributed by atoms with Crippen LogP contribution in [0.15, 0.2) is 48.7 Å². The Morgan fingerprint density at radius 3 is 2.26 bits per heavy atom. The van der Waals surface area contributed by atoms with Gasteiger partial charge in [-0.05, 0) is 30.2 Å². The quantitative estimate of drug-likeness (QED) is 0.671. The number of pyridine rings is 1. The minimum Gasteiger partial charge on any atom is -0.353 e. The summed E-state index contributed by atoms with van der Waals surface area (Å²) >= 11 is 0. The molecule has 2 aromatic rings. The maximum Gasteiger partial charge on any atom is 0.312 e. The number of rotatable bonds is 5. The summed E-state index contributed by atoms with van der Waals surface area (Å²) in [5, 5.41) is 0. The SMILES string of the molecule is Cc1ccccc1CN1CCN(CC(=O)N2CCN(c3ccccn3)CC2)C(=O)C1=O. The number of piperazine rings is 2. The molecule has 3 heterocycles. The van der Waals surface area contributed by atoms with E-state index in [9.17, 15) is 14.4 Å². The molecular weight excluding hydrogens is 394 g/mol. The molecule has 3 amide bonds. The van der Waals surface area contributed by atoms with Crippen molar-refractivity contribution >= 4 is 23.5 Å². The first-order valence-corrected chi connectivity index (χ1v) is 10.6. The van der Waals surface area contributed by atoms with Crippen LogP contribution in [0, 0.1) is 6.92 Å². The Hall–Kier alpha value is -3.42. The highest BCUT2D eigenvalue weighted by atomic mass is 16.2. The molecule has 0 aliphatic carbocycles. The Kier molecular flexibility index (Phi) is 6.16. The van der Waals surface area contributed by atoms with Gasteiger partial charge < -0.3 is 19.6 Å². The van der Waals surface area contributed by atoms with Crippen molar-refractivity contribution in [2.75, 3.05) is 50.7 Å². The maximum absolute atomic E-state index is 12.8. The Balaban J connectivity index is 1.29. The van der Waals surface area contributed by atoms with Gasteiger partial charge in [-0.15, -0.1) is 0 Å². The van der Waals surface area contributed by atoms with Crippen molar-refractivity contribution in [1.29, 1.82) is 0 Å². The molecule has 1 aromatic carbocycles. The standard InChI is InChI=1S/C23H27N5O3/c1-18-6-2-3-7-19(18)16-27-14-15-28(23(31)22(27)30)17-21(29)26-12-10-25(11-13-26)20-8-4-5-9-24-20/h2-9H,10-17H2,1H3. The summed E-state index contributed by atoms with van der Waals surface area (Å²) in [4.78, 5) is 49.2. The summed E-state index contributed by atoms with van der Waals surface area (Å²) in [5.74, 6) is -0.350. The van der Waals surface area contributed by atoms with E-state index >= 15 is 0 Å². The van der Waals surface area contributed by atoms with E-state index in [0.29, 0.717) is 45.8 Å². The van der Waals surface area contributed by atoms with Crippen LogP contribution in [0.5, 0.6) is 0 Å². The van der Waals surface area contributed by atoms with E-state index < -0.39 is 11.8 Å². The van der Waals surface area contributed by atoms with Gasteiger partial charge >= 0.3 is 11.8 Å². The van der Waals surface area contributed by atoms with Crippen molar-refractivity contribution in [1.82, 2.24) is 19.7 Å². The Morgan fingerprint density at radius 1 is 0.871 bits per heavy atom. The summed E-state index contributed by atoms with van der Waals surface area (Å²) in [6.07, 6.45) is 1.76. The van der Waals surface area contributed by atoms with E-state index in [2.05, 4.69) is 9.88 Å². The molecule has 2 saturated heterocycles. The number of carbonyl (C=O) groups is 3. The lowest BCUT2D eigenvalue weighted by atomic mass is 10.1. The molecule has 8 nitrogen and oxygen atoms in total. The predicted octanol–water partition coefficient (Wildman–Crippen LogP) is 0.910. The highest BCUT2D eigenvalue weighted by Crippen LogP contribution is 2.15. The molecule has 2 fully saturated rings. The third kappa shape index (κ3) is 4.68. The smallest absolute Gasteiger partial charge is 0.312 e. The highest BCUT2D eigenvalue weighted by Gasteiger charge is 2.34. The molecule has 0 bridgehead atoms. The Bertz CT molecular complexity index is 957. The highest BCUT2D eigenvalue weighted by molar-refractivity contribution is 6.35. The molecule has 31 heavy (non-hydrogen) atoms. The normalized spacial score (nSPS) is 17.3. The molecule has 8 heteroatoms. The fraction of sp³-hybridized carbons (Fsp3) is 0.391. The fourth-order valence-electron chi connectivity index (χ4n) is 4.00. The van der Waals surface area contributed by atoms with E-state index in [1.165, 1.54) is 4.90 Å². The second kappa shape index (κ2) is 9.16. The predicted molar refractivity (Wildman–Crippen MR) is 116 cm³/mol. The Labute approximate surface area is 182 Å². The first kappa shape index (κ1) is 20.8. The molecule has 162 valence electrons. The summed E-state index contributed by atoms with van der Waals surface area (Å²) in [5.41, 5.74) is 2.11. The van der Waals surface area contributed by atoms with Crippen molar-refractivity contribution in [2.45, 2.75) is 13.5 Å². The van der Waals surface area contributed by atoms with Crippen LogP contribution in [0.1, 0.15) is 11.1 Å². The van der Waals surface area contributed by atoms with E-state index in [-0.39, 0.29) is 12.5 Å². The van der Waals surface area contributed by atoms with Crippen molar-refractivity contribution < 1.29 is 14.4 Å². The number of aryl methyl sites for hydroxylation is 1. The first-order valence-electron chi connectivity index (χ1n) is 10.6. The van der Waals surface area contributed by atoms with Gasteiger partial charge in [0, 0.05) is 52.0 Å². The lowest BCUT2D eigenvalue weighted by molar-refractivity contribution is -0.158. The molecule has 0 radical (unpaired) electrons. The van der Waals surface area contributed by atoms with Gasteiger partial charge in [0.1, 0.15) is 12.4 Å². The maximum atomic E-state index is 12.8. The van der Waals surface area contributed by atoms with Crippen molar-refractivity contribution in [3.8, 4) is 0 Å². The summed E-state index contributed by atoms with van der Waals surface area (Å²) in [6.45, 7) is 5.69. The van der Waals surface area contributed by atoms with Crippen molar-refractivity contribution in [3.63, 3.8) is 0 Å². The van der Waals surface area contributed by atoms with E-state index in [1.54, 1.807) is 16.0 Å². The molecule has 0 atom stereocenters. The third-order valence-electron chi connectivity index (χ3n) is 5.95. The minimum absolute atomic E-state index is 0.0492. The number of aromatic nitrogens is 1. The van der Waals surface area contributed by atoms with Crippen LogP contribution in [0.2, 0.25) is 0 Å². The molecule has 1 aromatic heterocycles. The summed E-state index contributed by atoms with van der Waals surface area (Å²) < 4.78 is 0. The zero-order chi connectivity index (χ0) is 21.8. The topological polar surface area (TPSA) is 77.1 Å². The second-order valence-electron chi connectivity index (χ2n) is 7.94. The van der Waals surface area contributed by atoms with Gasteiger partial charge in [0.2, 0.25) is 5.91 Å². The third-order valence-corrected chi connectivity index (χ3v) is 5.95. The second-order valence-corrected chi connectivity index (χ2v) is 7.94. The van der Waals surface area contributed by atoms with Crippen LogP contribution in [-0.4, -0.2) is 83.2 Å². The molecule has 0 spiro atoms. The van der Waals surface area contributed by atoms with Crippen LogP contribution in [-0.2, 0) is 20.9 Å². The van der Waals surface area contributed by atoms with Crippen LogP contribution in [0.3, 0.4) is 0 Å². The lowest BCUT2D eigenvalue weighted by Crippen LogP contribution is -2.57. The first-order chi connectivity index (χ1) is 15.0. The molecule has 0 unspecified atom stereocenters. The van der Waals surface area contributed by atoms with Crippen LogP contribution >= 0.6 is 0 Å². The zero-order valence-electron chi connectivity index (χ0n) is 17.7. The fourth-order valence-corrected chi connectivity index (χ4v) is 4.00. The number of carbonyl (C=O) groups excluding carboxylic acids is 3. The monoisotopic (exact) mass is 421 g/mol. The molecular formula is C23H27N5O3. The van der Waals surface area contributed by atoms with E-state index in [0.717, 1.165) is 16.9 Å². The molecule has 0 N–H and O–H groups in total. The summed E-state index contributed by atoms with van der Waals surface area (Å²) in [6, 6.07) is 13.6. The molecule has 4 rings (SSSR count). The van der Waals surface area contributed by atoms with Gasteiger partial charge in [0.15, 0.2) is 0 Å². The van der Waals surface area contributed by atoms with Gasteiger partial charge in [-0.25, -0.2) is 4.98 Å². The average Bonchev–Trinajstić information content (AvgIpc) is 2.81. The van der Waals surface area contributed by atoms with Gasteiger partial charge in [-0.2, -0.15) is 0 Å². The number of amides is 3.